The molecular weight excluding hydrogens is 336 g/mol. The molecule has 0 unspecified atom stereocenters. The van der Waals surface area contributed by atoms with Crippen LogP contribution in [0.25, 0.3) is 22.6 Å². The van der Waals surface area contributed by atoms with Crippen molar-refractivity contribution in [2.45, 2.75) is 6.42 Å². The quantitative estimate of drug-likeness (QED) is 0.776. The third-order valence-corrected chi connectivity index (χ3v) is 4.49. The van der Waals surface area contributed by atoms with Gasteiger partial charge in [-0.15, -0.1) is 0 Å². The Hall–Kier alpha value is -3.35. The molecule has 7 nitrogen and oxygen atoms in total. The molecule has 3 aromatic rings. The standard InChI is InChI=1S/C19H16N2O5/c1-25-14-5-2-11(3-6-14)18-20-15-9-13(4-7-16(15)26-18)21-10-12(19(23)24)8-17(21)22/h2-7,9,12H,8,10H2,1H3,(H,23,24)/t12-/m0/s1. The number of carbonyl (C=O) groups excluding carboxylic acids is 1. The molecule has 1 saturated heterocycles. The first-order chi connectivity index (χ1) is 12.5. The molecule has 1 amide bonds. The molecular formula is C19H16N2O5. The summed E-state index contributed by atoms with van der Waals surface area (Å²) in [5.74, 6) is -0.616. The van der Waals surface area contributed by atoms with Crippen LogP contribution in [0.3, 0.4) is 0 Å². The Kier molecular flexibility index (Phi) is 3.84. The van der Waals surface area contributed by atoms with Crippen LogP contribution in [0.4, 0.5) is 5.69 Å². The van der Waals surface area contributed by atoms with E-state index in [0.717, 1.165) is 11.3 Å². The lowest BCUT2D eigenvalue weighted by atomic mass is 10.1. The van der Waals surface area contributed by atoms with E-state index in [-0.39, 0.29) is 18.9 Å². The van der Waals surface area contributed by atoms with Gasteiger partial charge < -0.3 is 19.2 Å². The lowest BCUT2D eigenvalue weighted by Crippen LogP contribution is -2.25. The van der Waals surface area contributed by atoms with Gasteiger partial charge in [-0.25, -0.2) is 4.98 Å². The smallest absolute Gasteiger partial charge is 0.308 e. The number of carbonyl (C=O) groups is 2. The van der Waals surface area contributed by atoms with Crippen LogP contribution in [0, 0.1) is 5.92 Å². The number of benzene rings is 2. The van der Waals surface area contributed by atoms with Gasteiger partial charge >= 0.3 is 5.97 Å². The van der Waals surface area contributed by atoms with Crippen LogP contribution in [0.15, 0.2) is 46.9 Å². The maximum atomic E-state index is 12.1. The molecule has 0 bridgehead atoms. The highest BCUT2D eigenvalue weighted by Crippen LogP contribution is 2.31. The van der Waals surface area contributed by atoms with E-state index in [1.165, 1.54) is 4.90 Å². The first kappa shape index (κ1) is 16.1. The summed E-state index contributed by atoms with van der Waals surface area (Å²) in [6.45, 7) is 0.170. The number of methoxy groups -OCH3 is 1. The number of oxazole rings is 1. The van der Waals surface area contributed by atoms with Gasteiger partial charge in [0.2, 0.25) is 11.8 Å². The predicted octanol–water partition coefficient (Wildman–Crippen LogP) is 2.94. The number of ether oxygens (including phenoxy) is 1. The monoisotopic (exact) mass is 352 g/mol. The highest BCUT2D eigenvalue weighted by molar-refractivity contribution is 6.00. The van der Waals surface area contributed by atoms with Gasteiger partial charge in [0.15, 0.2) is 5.58 Å². The van der Waals surface area contributed by atoms with Gasteiger partial charge in [0.1, 0.15) is 11.3 Å². The molecule has 1 fully saturated rings. The Morgan fingerprint density at radius 1 is 1.27 bits per heavy atom. The molecule has 1 N–H and O–H groups in total. The molecule has 7 heteroatoms. The van der Waals surface area contributed by atoms with Gasteiger partial charge in [0.25, 0.3) is 0 Å². The lowest BCUT2D eigenvalue weighted by molar-refractivity contribution is -0.141. The summed E-state index contributed by atoms with van der Waals surface area (Å²) in [6, 6.07) is 12.6. The number of hydrogen-bond acceptors (Lipinski definition) is 5. The molecule has 0 spiro atoms. The van der Waals surface area contributed by atoms with E-state index in [4.69, 9.17) is 14.3 Å². The number of carboxylic acids is 1. The van der Waals surface area contributed by atoms with Crippen LogP contribution in [0.2, 0.25) is 0 Å². The van der Waals surface area contributed by atoms with Crippen molar-refractivity contribution in [1.29, 1.82) is 0 Å². The zero-order valence-electron chi connectivity index (χ0n) is 14.0. The zero-order valence-corrected chi connectivity index (χ0v) is 14.0. The fraction of sp³-hybridized carbons (Fsp3) is 0.211. The molecule has 0 saturated carbocycles. The highest BCUT2D eigenvalue weighted by Gasteiger charge is 2.35. The number of hydrogen-bond donors (Lipinski definition) is 1. The van der Waals surface area contributed by atoms with Gasteiger partial charge in [-0.05, 0) is 42.5 Å². The van der Waals surface area contributed by atoms with E-state index in [0.29, 0.717) is 22.7 Å². The second kappa shape index (κ2) is 6.18. The van der Waals surface area contributed by atoms with Gasteiger partial charge in [-0.1, -0.05) is 0 Å². The first-order valence-electron chi connectivity index (χ1n) is 8.13. The Morgan fingerprint density at radius 3 is 2.69 bits per heavy atom. The lowest BCUT2D eigenvalue weighted by Gasteiger charge is -2.15. The molecule has 1 aromatic heterocycles. The highest BCUT2D eigenvalue weighted by atomic mass is 16.5. The zero-order chi connectivity index (χ0) is 18.3. The fourth-order valence-electron chi connectivity index (χ4n) is 3.06. The SMILES string of the molecule is COc1ccc(-c2nc3cc(N4C[C@@H](C(=O)O)CC4=O)ccc3o2)cc1. The van der Waals surface area contributed by atoms with Crippen molar-refractivity contribution in [2.75, 3.05) is 18.6 Å². The van der Waals surface area contributed by atoms with Crippen molar-refractivity contribution in [3.63, 3.8) is 0 Å². The third-order valence-electron chi connectivity index (χ3n) is 4.49. The van der Waals surface area contributed by atoms with Crippen molar-refractivity contribution in [2.24, 2.45) is 5.92 Å². The molecule has 0 radical (unpaired) electrons. The van der Waals surface area contributed by atoms with E-state index in [1.807, 2.05) is 24.3 Å². The average Bonchev–Trinajstić information content (AvgIpc) is 3.24. The van der Waals surface area contributed by atoms with Crippen LogP contribution in [0.1, 0.15) is 6.42 Å². The van der Waals surface area contributed by atoms with Crippen molar-refractivity contribution < 1.29 is 23.8 Å². The molecule has 1 atom stereocenters. The van der Waals surface area contributed by atoms with Crippen LogP contribution in [-0.2, 0) is 9.59 Å². The van der Waals surface area contributed by atoms with E-state index in [2.05, 4.69) is 4.98 Å². The average molecular weight is 352 g/mol. The van der Waals surface area contributed by atoms with Crippen LogP contribution < -0.4 is 9.64 Å². The van der Waals surface area contributed by atoms with Gasteiger partial charge in [0.05, 0.1) is 13.0 Å². The Labute approximate surface area is 148 Å². The van der Waals surface area contributed by atoms with E-state index >= 15 is 0 Å². The van der Waals surface area contributed by atoms with Gasteiger partial charge in [-0.2, -0.15) is 0 Å². The Bertz CT molecular complexity index is 993. The summed E-state index contributed by atoms with van der Waals surface area (Å²) in [5, 5.41) is 9.12. The van der Waals surface area contributed by atoms with Gasteiger partial charge in [-0.3, -0.25) is 9.59 Å². The maximum absolute atomic E-state index is 12.1. The number of aromatic nitrogens is 1. The maximum Gasteiger partial charge on any atom is 0.308 e. The molecule has 2 aromatic carbocycles. The molecule has 132 valence electrons. The molecule has 1 aliphatic heterocycles. The largest absolute Gasteiger partial charge is 0.497 e. The molecule has 2 heterocycles. The number of anilines is 1. The van der Waals surface area contributed by atoms with Crippen molar-refractivity contribution in [1.82, 2.24) is 4.98 Å². The summed E-state index contributed by atoms with van der Waals surface area (Å²) >= 11 is 0. The Morgan fingerprint density at radius 2 is 2.04 bits per heavy atom. The van der Waals surface area contributed by atoms with E-state index < -0.39 is 11.9 Å². The minimum atomic E-state index is -0.954. The number of rotatable bonds is 4. The van der Waals surface area contributed by atoms with Crippen LogP contribution >= 0.6 is 0 Å². The number of amides is 1. The summed E-state index contributed by atoms with van der Waals surface area (Å²) in [4.78, 5) is 29.2. The topological polar surface area (TPSA) is 92.9 Å². The fourth-order valence-corrected chi connectivity index (χ4v) is 3.06. The van der Waals surface area contributed by atoms with E-state index in [1.54, 1.807) is 25.3 Å². The normalized spacial score (nSPS) is 17.0. The second-order valence-electron chi connectivity index (χ2n) is 6.14. The number of carboxylic acid groups (broad SMARTS) is 1. The molecule has 4 rings (SSSR count). The molecule has 1 aliphatic rings. The van der Waals surface area contributed by atoms with Crippen molar-refractivity contribution >= 4 is 28.7 Å². The van der Waals surface area contributed by atoms with Crippen LogP contribution in [-0.4, -0.2) is 35.6 Å². The predicted molar refractivity (Wildman–Crippen MR) is 94.1 cm³/mol. The minimum absolute atomic E-state index is 0.0171. The van der Waals surface area contributed by atoms with Crippen LogP contribution in [0.5, 0.6) is 5.75 Å². The molecule has 26 heavy (non-hydrogen) atoms. The van der Waals surface area contributed by atoms with Crippen molar-refractivity contribution in [3.8, 4) is 17.2 Å². The van der Waals surface area contributed by atoms with Gasteiger partial charge in [0, 0.05) is 24.2 Å². The number of aliphatic carboxylic acids is 1. The first-order valence-corrected chi connectivity index (χ1v) is 8.13. The summed E-state index contributed by atoms with van der Waals surface area (Å²) < 4.78 is 10.9. The second-order valence-corrected chi connectivity index (χ2v) is 6.14. The summed E-state index contributed by atoms with van der Waals surface area (Å²) in [6.07, 6.45) is 0.0171. The Balaban J connectivity index is 1.65. The minimum Gasteiger partial charge on any atom is -0.497 e. The van der Waals surface area contributed by atoms with E-state index in [9.17, 15) is 9.59 Å². The number of fused-ring (bicyclic) bond motifs is 1. The number of nitrogens with zero attached hydrogens (tertiary/aromatic N) is 2. The summed E-state index contributed by atoms with van der Waals surface area (Å²) in [5.41, 5.74) is 2.65. The summed E-state index contributed by atoms with van der Waals surface area (Å²) in [7, 11) is 1.60. The van der Waals surface area contributed by atoms with Crippen molar-refractivity contribution in [3.05, 3.63) is 42.5 Å². The third kappa shape index (κ3) is 2.77. The molecule has 0 aliphatic carbocycles.